The number of carbonyl (C=O) groups is 3. The minimum atomic E-state index is -0.258. The molecule has 2 amide bonds. The topological polar surface area (TPSA) is 84.5 Å². The van der Waals surface area contributed by atoms with Gasteiger partial charge in [0, 0.05) is 36.7 Å². The highest BCUT2D eigenvalue weighted by Crippen LogP contribution is 2.17. The second-order valence-electron chi connectivity index (χ2n) is 6.11. The van der Waals surface area contributed by atoms with Gasteiger partial charge in [-0.25, -0.2) is 0 Å². The molecule has 2 aromatic rings. The van der Waals surface area contributed by atoms with Gasteiger partial charge in [0.1, 0.15) is 5.75 Å². The van der Waals surface area contributed by atoms with Gasteiger partial charge in [0.15, 0.2) is 5.78 Å². The predicted molar refractivity (Wildman–Crippen MR) is 105 cm³/mol. The highest BCUT2D eigenvalue weighted by Gasteiger charge is 2.10. The Morgan fingerprint density at radius 1 is 0.926 bits per heavy atom. The quantitative estimate of drug-likeness (QED) is 0.654. The van der Waals surface area contributed by atoms with Crippen LogP contribution in [-0.4, -0.2) is 24.2 Å². The number of hydrogen-bond donors (Lipinski definition) is 2. The molecule has 0 saturated carbocycles. The Labute approximate surface area is 158 Å². The summed E-state index contributed by atoms with van der Waals surface area (Å²) in [6.07, 6.45) is 1.12. The van der Waals surface area contributed by atoms with Gasteiger partial charge in [0.2, 0.25) is 11.8 Å². The zero-order valence-electron chi connectivity index (χ0n) is 15.6. The number of anilines is 2. The summed E-state index contributed by atoms with van der Waals surface area (Å²) in [5.41, 5.74) is 1.72. The number of benzene rings is 2. The number of rotatable bonds is 9. The van der Waals surface area contributed by atoms with Crippen LogP contribution in [0.5, 0.6) is 5.75 Å². The van der Waals surface area contributed by atoms with Gasteiger partial charge in [0.05, 0.1) is 6.61 Å². The molecule has 0 aliphatic rings. The molecule has 0 radical (unpaired) electrons. The smallest absolute Gasteiger partial charge is 0.224 e. The van der Waals surface area contributed by atoms with E-state index in [4.69, 9.17) is 4.74 Å². The first kappa shape index (κ1) is 20.2. The summed E-state index contributed by atoms with van der Waals surface area (Å²) in [4.78, 5) is 35.4. The summed E-state index contributed by atoms with van der Waals surface area (Å²) in [5, 5.41) is 5.38. The minimum Gasteiger partial charge on any atom is -0.494 e. The largest absolute Gasteiger partial charge is 0.494 e. The van der Waals surface area contributed by atoms with Crippen LogP contribution in [0.2, 0.25) is 0 Å². The van der Waals surface area contributed by atoms with Crippen LogP contribution in [0.4, 0.5) is 11.4 Å². The fraction of sp³-hybridized carbons (Fsp3) is 0.286. The second kappa shape index (κ2) is 10.1. The van der Waals surface area contributed by atoms with Gasteiger partial charge in [-0.15, -0.1) is 0 Å². The van der Waals surface area contributed by atoms with Crippen LogP contribution in [0.3, 0.4) is 0 Å². The van der Waals surface area contributed by atoms with Crippen molar-refractivity contribution in [2.75, 3.05) is 17.2 Å². The van der Waals surface area contributed by atoms with E-state index in [-0.39, 0.29) is 30.4 Å². The molecule has 0 aliphatic heterocycles. The number of ketones is 1. The Balaban J connectivity index is 1.84. The highest BCUT2D eigenvalue weighted by atomic mass is 16.5. The van der Waals surface area contributed by atoms with Crippen molar-refractivity contribution in [2.45, 2.75) is 33.1 Å². The van der Waals surface area contributed by atoms with Crippen molar-refractivity contribution in [2.24, 2.45) is 0 Å². The molecule has 0 aromatic heterocycles. The molecule has 2 aromatic carbocycles. The van der Waals surface area contributed by atoms with Gasteiger partial charge >= 0.3 is 0 Å². The van der Waals surface area contributed by atoms with Crippen LogP contribution in [0, 0.1) is 0 Å². The maximum Gasteiger partial charge on any atom is 0.224 e. The zero-order chi connectivity index (χ0) is 19.6. The lowest BCUT2D eigenvalue weighted by Crippen LogP contribution is -2.14. The molecule has 0 spiro atoms. The van der Waals surface area contributed by atoms with E-state index in [1.165, 1.54) is 6.92 Å². The predicted octanol–water partition coefficient (Wildman–Crippen LogP) is 4.04. The normalized spacial score (nSPS) is 10.1. The van der Waals surface area contributed by atoms with Crippen molar-refractivity contribution in [1.29, 1.82) is 0 Å². The number of carbonyl (C=O) groups excluding carboxylic acids is 3. The monoisotopic (exact) mass is 368 g/mol. The van der Waals surface area contributed by atoms with Gasteiger partial charge in [-0.05, 0) is 48.9 Å². The van der Waals surface area contributed by atoms with E-state index >= 15 is 0 Å². The van der Waals surface area contributed by atoms with Gasteiger partial charge in [-0.1, -0.05) is 13.0 Å². The molecule has 0 saturated heterocycles. The first-order valence-electron chi connectivity index (χ1n) is 8.91. The van der Waals surface area contributed by atoms with Gasteiger partial charge in [0.25, 0.3) is 0 Å². The molecule has 2 rings (SSSR count). The van der Waals surface area contributed by atoms with E-state index in [0.717, 1.165) is 12.2 Å². The van der Waals surface area contributed by atoms with Crippen LogP contribution in [0.1, 0.15) is 43.5 Å². The third-order valence-electron chi connectivity index (χ3n) is 3.69. The molecule has 0 bridgehead atoms. The van der Waals surface area contributed by atoms with Crippen molar-refractivity contribution >= 4 is 29.0 Å². The fourth-order valence-electron chi connectivity index (χ4n) is 2.43. The Bertz CT molecular complexity index is 800. The third kappa shape index (κ3) is 6.93. The number of ether oxygens (including phenoxy) is 1. The molecule has 6 nitrogen and oxygen atoms in total. The molecule has 0 heterocycles. The second-order valence-corrected chi connectivity index (χ2v) is 6.11. The molecule has 0 aliphatic carbocycles. The van der Waals surface area contributed by atoms with Crippen molar-refractivity contribution in [1.82, 2.24) is 0 Å². The molecule has 142 valence electrons. The van der Waals surface area contributed by atoms with Crippen molar-refractivity contribution in [3.8, 4) is 5.75 Å². The van der Waals surface area contributed by atoms with E-state index in [0.29, 0.717) is 23.5 Å². The molecule has 27 heavy (non-hydrogen) atoms. The summed E-state index contributed by atoms with van der Waals surface area (Å²) < 4.78 is 5.49. The third-order valence-corrected chi connectivity index (χ3v) is 3.69. The number of amides is 2. The fourth-order valence-corrected chi connectivity index (χ4v) is 2.43. The van der Waals surface area contributed by atoms with E-state index in [1.807, 2.05) is 6.92 Å². The summed E-state index contributed by atoms with van der Waals surface area (Å²) >= 11 is 0. The van der Waals surface area contributed by atoms with E-state index < -0.39 is 0 Å². The standard InChI is InChI=1S/C21H24N2O4/c1-3-13-27-19-9-7-16(8-10-19)20(25)11-12-21(26)23-18-6-4-5-17(14-18)22-15(2)24/h4-10,14H,3,11-13H2,1-2H3,(H,22,24)(H,23,26). The summed E-state index contributed by atoms with van der Waals surface area (Å²) in [6.45, 7) is 4.08. The summed E-state index contributed by atoms with van der Waals surface area (Å²) in [6, 6.07) is 13.8. The first-order chi connectivity index (χ1) is 13.0. The molecule has 0 fully saturated rings. The Morgan fingerprint density at radius 3 is 2.22 bits per heavy atom. The van der Waals surface area contributed by atoms with E-state index in [1.54, 1.807) is 48.5 Å². The first-order valence-corrected chi connectivity index (χ1v) is 8.91. The highest BCUT2D eigenvalue weighted by molar-refractivity contribution is 6.00. The summed E-state index contributed by atoms with van der Waals surface area (Å²) in [7, 11) is 0. The van der Waals surface area contributed by atoms with Gasteiger partial charge < -0.3 is 15.4 Å². The molecular weight excluding hydrogens is 344 g/mol. The average Bonchev–Trinajstić information content (AvgIpc) is 2.64. The zero-order valence-corrected chi connectivity index (χ0v) is 15.6. The number of nitrogens with one attached hydrogen (secondary N) is 2. The maximum atomic E-state index is 12.2. The molecular formula is C21H24N2O4. The van der Waals surface area contributed by atoms with Crippen LogP contribution in [0.25, 0.3) is 0 Å². The Morgan fingerprint density at radius 2 is 1.59 bits per heavy atom. The summed E-state index contributed by atoms with van der Waals surface area (Å²) in [5.74, 6) is 0.186. The van der Waals surface area contributed by atoms with Crippen molar-refractivity contribution in [3.63, 3.8) is 0 Å². The lowest BCUT2D eigenvalue weighted by Gasteiger charge is -2.08. The van der Waals surface area contributed by atoms with Crippen LogP contribution in [0.15, 0.2) is 48.5 Å². The average molecular weight is 368 g/mol. The lowest BCUT2D eigenvalue weighted by atomic mass is 10.1. The molecule has 0 unspecified atom stereocenters. The van der Waals surface area contributed by atoms with Crippen LogP contribution < -0.4 is 15.4 Å². The maximum absolute atomic E-state index is 12.2. The van der Waals surface area contributed by atoms with Crippen molar-refractivity contribution < 1.29 is 19.1 Å². The van der Waals surface area contributed by atoms with E-state index in [9.17, 15) is 14.4 Å². The molecule has 6 heteroatoms. The molecule has 2 N–H and O–H groups in total. The van der Waals surface area contributed by atoms with Gasteiger partial charge in [-0.2, -0.15) is 0 Å². The Hall–Kier alpha value is -3.15. The molecule has 0 atom stereocenters. The lowest BCUT2D eigenvalue weighted by molar-refractivity contribution is -0.116. The van der Waals surface area contributed by atoms with Crippen molar-refractivity contribution in [3.05, 3.63) is 54.1 Å². The van der Waals surface area contributed by atoms with Crippen LogP contribution >= 0.6 is 0 Å². The number of hydrogen-bond acceptors (Lipinski definition) is 4. The minimum absolute atomic E-state index is 0.0806. The number of Topliss-reactive ketones (excluding diaryl/α,β-unsaturated/α-hetero) is 1. The van der Waals surface area contributed by atoms with Gasteiger partial charge in [-0.3, -0.25) is 14.4 Å². The SMILES string of the molecule is CCCOc1ccc(C(=O)CCC(=O)Nc2cccc(NC(C)=O)c2)cc1. The van der Waals surface area contributed by atoms with Crippen LogP contribution in [-0.2, 0) is 9.59 Å². The van der Waals surface area contributed by atoms with E-state index in [2.05, 4.69) is 10.6 Å². The Kier molecular flexibility index (Phi) is 7.55.